The lowest BCUT2D eigenvalue weighted by atomic mass is 9.45. The second-order valence-corrected chi connectivity index (χ2v) is 41.5. The van der Waals surface area contributed by atoms with Crippen LogP contribution in [0.1, 0.15) is 177 Å². The van der Waals surface area contributed by atoms with Crippen molar-refractivity contribution in [2.24, 2.45) is 87.3 Å². The number of hydrogen-bond donors (Lipinski definition) is 11. The first kappa shape index (κ1) is 98.1. The highest BCUT2D eigenvalue weighted by Gasteiger charge is 2.61. The van der Waals surface area contributed by atoms with Crippen LogP contribution in [0, 0.1) is 90.8 Å². The quantitative estimate of drug-likeness (QED) is 0.0236. The zero-order valence-corrected chi connectivity index (χ0v) is 78.0. The van der Waals surface area contributed by atoms with Gasteiger partial charge in [-0.15, -0.1) is 0 Å². The molecule has 9 aliphatic carbocycles. The van der Waals surface area contributed by atoms with Crippen LogP contribution in [0.3, 0.4) is 0 Å². The van der Waals surface area contributed by atoms with E-state index in [0.29, 0.717) is 131 Å². The lowest BCUT2D eigenvalue weighted by molar-refractivity contribution is -0.139. The molecule has 0 spiro atoms. The van der Waals surface area contributed by atoms with Crippen molar-refractivity contribution in [2.75, 3.05) is 61.9 Å². The molecule has 0 aromatic heterocycles. The topological polar surface area (TPSA) is 320 Å². The first-order chi connectivity index (χ1) is 58.4. The number of halogens is 1. The van der Waals surface area contributed by atoms with Gasteiger partial charge in [0.05, 0.1) is 54.7 Å². The normalized spacial score (nSPS) is 30.7. The maximum Gasteiger partial charge on any atom is 0.488 e. The summed E-state index contributed by atoms with van der Waals surface area (Å²) in [7, 11) is 8.80. The Labute approximate surface area is 756 Å². The summed E-state index contributed by atoms with van der Waals surface area (Å²) in [6.07, 6.45) is 2.16. The highest BCUT2D eigenvalue weighted by Crippen LogP contribution is 2.63. The number of β-amino-alcohol motifs (C(OH)–C–C–N with tert-alkyl or cyclic N) is 3. The zero-order valence-electron chi connectivity index (χ0n) is 75.9. The molecule has 125 heavy (non-hydrogen) atoms. The smallest absolute Gasteiger partial charge is 0.423 e. The second-order valence-electron chi connectivity index (χ2n) is 40.3. The molecule has 12 fully saturated rings. The molecular weight excluding hydrogens is 1690 g/mol. The summed E-state index contributed by atoms with van der Waals surface area (Å²) in [5.41, 5.74) is 10.5. The predicted molar refractivity (Wildman–Crippen MR) is 499 cm³/mol. The number of fused-ring (bicyclic) bond motifs is 6. The molecule has 680 valence electrons. The van der Waals surface area contributed by atoms with Gasteiger partial charge in [0.1, 0.15) is 0 Å². The van der Waals surface area contributed by atoms with Gasteiger partial charge < -0.3 is 71.3 Å². The number of rotatable bonds is 21. The van der Waals surface area contributed by atoms with E-state index in [1.54, 1.807) is 85.0 Å². The van der Waals surface area contributed by atoms with Crippen molar-refractivity contribution >= 4 is 70.6 Å². The molecule has 25 heteroatoms. The predicted octanol–water partition coefficient (Wildman–Crippen LogP) is 10.3. The molecule has 24 atom stereocenters. The molecular formula is C100H141BIN9O14. The van der Waals surface area contributed by atoms with Crippen LogP contribution in [0.5, 0.6) is 0 Å². The van der Waals surface area contributed by atoms with Crippen LogP contribution >= 0.6 is 22.6 Å². The minimum atomic E-state index is -1.49. The molecule has 9 saturated carbocycles. The summed E-state index contributed by atoms with van der Waals surface area (Å²) in [6, 6.07) is 44.6. The minimum Gasteiger partial charge on any atom is -0.423 e. The molecule has 12 aliphatic rings. The number of likely N-dealkylation sites (tertiary alicyclic amines) is 3. The van der Waals surface area contributed by atoms with Gasteiger partial charge in [-0.1, -0.05) is 155 Å². The van der Waals surface area contributed by atoms with Gasteiger partial charge in [-0.2, -0.15) is 0 Å². The summed E-state index contributed by atoms with van der Waals surface area (Å²) in [4.78, 5) is 87.8. The fourth-order valence-electron chi connectivity index (χ4n) is 23.1. The Kier molecular flexibility index (Phi) is 31.6. The molecule has 0 radical (unpaired) electrons. The van der Waals surface area contributed by atoms with Gasteiger partial charge in [0, 0.05) is 138 Å². The third-order valence-corrected chi connectivity index (χ3v) is 31.6. The van der Waals surface area contributed by atoms with Crippen molar-refractivity contribution in [3.8, 4) is 22.3 Å². The third-order valence-electron chi connectivity index (χ3n) is 30.9. The van der Waals surface area contributed by atoms with Crippen molar-refractivity contribution in [3.05, 3.63) is 183 Å². The van der Waals surface area contributed by atoms with E-state index in [1.807, 2.05) is 112 Å². The Morgan fingerprint density at radius 1 is 0.416 bits per heavy atom. The summed E-state index contributed by atoms with van der Waals surface area (Å²) < 4.78 is 1.15. The number of aliphatic hydroxyl groups is 6. The van der Waals surface area contributed by atoms with Crippen LogP contribution in [0.25, 0.3) is 22.3 Å². The van der Waals surface area contributed by atoms with Gasteiger partial charge in [0.25, 0.3) is 17.7 Å². The van der Waals surface area contributed by atoms with Crippen LogP contribution in [-0.4, -0.2) is 247 Å². The van der Waals surface area contributed by atoms with Crippen molar-refractivity contribution in [2.45, 2.75) is 222 Å². The van der Waals surface area contributed by atoms with E-state index >= 15 is 0 Å². The fraction of sp³-hybridized carbons (Fsp3) is 0.580. The average Bonchev–Trinajstić information content (AvgIpc) is 1.73. The number of hydrogen-bond acceptors (Lipinski definition) is 17. The van der Waals surface area contributed by atoms with Gasteiger partial charge in [0.15, 0.2) is 0 Å². The van der Waals surface area contributed by atoms with E-state index in [2.05, 4.69) is 125 Å². The summed E-state index contributed by atoms with van der Waals surface area (Å²) in [5.74, 6) is 3.14. The van der Waals surface area contributed by atoms with Gasteiger partial charge in [0.2, 0.25) is 17.7 Å². The Morgan fingerprint density at radius 3 is 0.936 bits per heavy atom. The number of nitrogens with one attached hydrogen (secondary N) is 3. The number of benzene rings is 6. The Hall–Kier alpha value is -7.51. The molecule has 18 rings (SSSR count). The zero-order chi connectivity index (χ0) is 90.4. The molecule has 3 saturated heterocycles. The molecule has 6 aromatic carbocycles. The van der Waals surface area contributed by atoms with Crippen LogP contribution < -0.4 is 21.4 Å². The molecule has 3 aliphatic heterocycles. The molecule has 3 unspecified atom stereocenters. The maximum absolute atomic E-state index is 13.8. The maximum atomic E-state index is 13.8. The standard InChI is InChI=1S/2C33H45N3O4.C24H35IN2O3.C9H12BNO3.CH4/c2*1-19-26-15-25(33(26,3)4)16-27(19)34-31(39)30-29(20(2)37)28(38)18-36(30)17-21-8-7-9-24(14-21)22-10-12-23(13-11-22)32(40)35(5)6;1-13-18-9-16(24(18,3)4)10-19(13)26-23(30)22-21(14(2)28)20(29)12-27(22)11-15-6-5-7-17(25)8-15;1-11(2)9(12)7-3-5-8(6-4-7)10(13)14;/h2*7-14,19-20,25-30,37-38H,15-18H2,1-6H3,(H,34,39);5-8,13-14,16,18-22,28-29H,9-12H2,1-4H3,(H,26,30);3-6,13-14H,1-2H3;1H4/t2*19-,20-,25+,26-,27?,28-,29+,30-;13-,14-,16+,18-,19?,20-,21+,22-;;/m000../s1. The molecule has 6 bridgehead atoms. The lowest BCUT2D eigenvalue weighted by Crippen LogP contribution is -2.62. The Bertz CT molecular complexity index is 4530. The van der Waals surface area contributed by atoms with Crippen molar-refractivity contribution in [1.29, 1.82) is 0 Å². The van der Waals surface area contributed by atoms with Crippen molar-refractivity contribution < 1.29 is 69.5 Å². The van der Waals surface area contributed by atoms with Crippen LogP contribution in [0.2, 0.25) is 0 Å². The minimum absolute atomic E-state index is 0. The van der Waals surface area contributed by atoms with Crippen molar-refractivity contribution in [1.82, 2.24) is 45.3 Å². The van der Waals surface area contributed by atoms with Crippen LogP contribution in [0.4, 0.5) is 0 Å². The van der Waals surface area contributed by atoms with Crippen LogP contribution in [0.15, 0.2) is 146 Å². The first-order valence-electron chi connectivity index (χ1n) is 44.8. The van der Waals surface area contributed by atoms with E-state index in [9.17, 15) is 59.4 Å². The largest absolute Gasteiger partial charge is 0.488 e. The highest BCUT2D eigenvalue weighted by molar-refractivity contribution is 14.1. The van der Waals surface area contributed by atoms with E-state index in [1.165, 1.54) is 36.3 Å². The average molecular weight is 1830 g/mol. The summed E-state index contributed by atoms with van der Waals surface area (Å²) in [5, 5.41) is 91.8. The lowest BCUT2D eigenvalue weighted by Gasteiger charge is -2.62. The second kappa shape index (κ2) is 40.2. The Morgan fingerprint density at radius 2 is 0.688 bits per heavy atom. The number of amides is 6. The van der Waals surface area contributed by atoms with E-state index < -0.39 is 79.6 Å². The third kappa shape index (κ3) is 21.2. The van der Waals surface area contributed by atoms with Gasteiger partial charge in [-0.05, 0) is 256 Å². The molecule has 11 N–H and O–H groups in total. The SMILES string of the molecule is C.CN(C)C(=O)c1ccc(B(O)O)cc1.C[C@H](O)[C@H]1[C@@H](C(=O)NC2C[C@H]3C[C@@H]([C@@H]2C)C3(C)C)N(Cc2cccc(-c3ccc(C(=O)N(C)C)cc3)c2)C[C@@H]1O.C[C@H](O)[C@H]1[C@@H](C(=O)NC2C[C@H]3C[C@@H]([C@@H]2C)C3(C)C)N(Cc2cccc(-c3ccc(C(=O)N(C)C)cc3)c2)C[C@@H]1O.C[C@H](O)[C@H]1[C@@H](C(=O)NC2C[C@H]3C[C@@H]([C@@H]2C)C3(C)C)N(Cc2cccc(I)c2)C[C@@H]1O. The van der Waals surface area contributed by atoms with Crippen molar-refractivity contribution in [3.63, 3.8) is 0 Å². The van der Waals surface area contributed by atoms with E-state index in [-0.39, 0.29) is 61.0 Å². The van der Waals surface area contributed by atoms with Gasteiger partial charge >= 0.3 is 7.12 Å². The molecule has 3 heterocycles. The Balaban J connectivity index is 0.000000170. The summed E-state index contributed by atoms with van der Waals surface area (Å²) in [6.45, 7) is 28.6. The number of carbonyl (C=O) groups excluding carboxylic acids is 6. The molecule has 6 amide bonds. The molecule has 23 nitrogen and oxygen atoms in total. The monoisotopic (exact) mass is 1830 g/mol. The van der Waals surface area contributed by atoms with Gasteiger partial charge in [-0.25, -0.2) is 0 Å². The molecule has 6 aromatic rings. The first-order valence-corrected chi connectivity index (χ1v) is 45.9. The number of aliphatic hydroxyl groups excluding tert-OH is 6. The highest BCUT2D eigenvalue weighted by atomic mass is 127. The van der Waals surface area contributed by atoms with Gasteiger partial charge in [-0.3, -0.25) is 43.5 Å². The number of carbonyl (C=O) groups is 6. The van der Waals surface area contributed by atoms with E-state index in [0.717, 1.165) is 61.8 Å². The van der Waals surface area contributed by atoms with Crippen LogP contribution in [-0.2, 0) is 34.0 Å². The fourth-order valence-corrected chi connectivity index (χ4v) is 23.7. The summed E-state index contributed by atoms with van der Waals surface area (Å²) >= 11 is 2.29. The number of nitrogens with zero attached hydrogens (tertiary/aromatic N) is 6. The van der Waals surface area contributed by atoms with E-state index in [4.69, 9.17) is 10.0 Å².